The first-order valence-corrected chi connectivity index (χ1v) is 13.8. The number of hydrogen-bond acceptors (Lipinski definition) is 5. The zero-order valence-electron chi connectivity index (χ0n) is 22.1. The summed E-state index contributed by atoms with van der Waals surface area (Å²) in [7, 11) is 0. The molecule has 5 rings (SSSR count). The summed E-state index contributed by atoms with van der Waals surface area (Å²) >= 11 is 12.8. The minimum atomic E-state index is -0.728. The molecular formula is C31H29Cl2NO5. The number of benzene rings is 3. The van der Waals surface area contributed by atoms with Gasteiger partial charge < -0.3 is 18.8 Å². The van der Waals surface area contributed by atoms with Gasteiger partial charge >= 0.3 is 0 Å². The van der Waals surface area contributed by atoms with E-state index in [4.69, 9.17) is 37.1 Å². The zero-order valence-corrected chi connectivity index (χ0v) is 23.6. The van der Waals surface area contributed by atoms with Crippen LogP contribution >= 0.6 is 23.2 Å². The predicted octanol–water partition coefficient (Wildman–Crippen LogP) is 7.73. The number of amides is 1. The van der Waals surface area contributed by atoms with Crippen LogP contribution in [-0.2, 0) is 6.54 Å². The summed E-state index contributed by atoms with van der Waals surface area (Å²) in [5.41, 5.74) is 2.50. The van der Waals surface area contributed by atoms with Crippen molar-refractivity contribution in [2.75, 3.05) is 13.2 Å². The fourth-order valence-electron chi connectivity index (χ4n) is 4.87. The smallest absolute Gasteiger partial charge is 0.291 e. The number of fused-ring (bicyclic) bond motifs is 2. The molecule has 0 spiro atoms. The molecule has 0 N–H and O–H groups in total. The quantitative estimate of drug-likeness (QED) is 0.194. The van der Waals surface area contributed by atoms with E-state index in [1.54, 1.807) is 23.1 Å². The van der Waals surface area contributed by atoms with Gasteiger partial charge in [0.05, 0.1) is 30.2 Å². The molecule has 1 aliphatic rings. The molecule has 0 aliphatic carbocycles. The molecule has 0 fully saturated rings. The molecule has 6 nitrogen and oxygen atoms in total. The van der Waals surface area contributed by atoms with Gasteiger partial charge in [-0.2, -0.15) is 0 Å². The van der Waals surface area contributed by atoms with Gasteiger partial charge in [0, 0.05) is 16.6 Å². The lowest BCUT2D eigenvalue weighted by Gasteiger charge is -2.26. The highest BCUT2D eigenvalue weighted by Gasteiger charge is 2.43. The van der Waals surface area contributed by atoms with Crippen molar-refractivity contribution in [1.29, 1.82) is 0 Å². The Hall–Kier alpha value is -3.48. The summed E-state index contributed by atoms with van der Waals surface area (Å²) in [6.07, 6.45) is 1.92. The Morgan fingerprint density at radius 3 is 2.49 bits per heavy atom. The normalized spacial score (nSPS) is 14.6. The fraction of sp³-hybridized carbons (Fsp3) is 0.290. The number of rotatable bonds is 9. The molecule has 4 aromatic rings. The van der Waals surface area contributed by atoms with Gasteiger partial charge in [-0.15, -0.1) is 0 Å². The monoisotopic (exact) mass is 565 g/mol. The second-order valence-corrected chi connectivity index (χ2v) is 10.4. The molecule has 0 bridgehead atoms. The van der Waals surface area contributed by atoms with Crippen LogP contribution < -0.4 is 14.9 Å². The predicted molar refractivity (Wildman–Crippen MR) is 153 cm³/mol. The average Bonchev–Trinajstić information content (AvgIpc) is 3.19. The molecule has 39 heavy (non-hydrogen) atoms. The van der Waals surface area contributed by atoms with Gasteiger partial charge in [-0.3, -0.25) is 9.59 Å². The third-order valence-electron chi connectivity index (χ3n) is 6.88. The molecule has 1 aliphatic heterocycles. The van der Waals surface area contributed by atoms with Crippen LogP contribution in [0.4, 0.5) is 0 Å². The van der Waals surface area contributed by atoms with Crippen molar-refractivity contribution in [2.24, 2.45) is 0 Å². The number of carbonyl (C=O) groups excluding carboxylic acids is 1. The van der Waals surface area contributed by atoms with Gasteiger partial charge in [-0.25, -0.2) is 0 Å². The summed E-state index contributed by atoms with van der Waals surface area (Å²) in [6, 6.07) is 15.4. The van der Waals surface area contributed by atoms with E-state index in [0.29, 0.717) is 51.3 Å². The molecule has 2 heterocycles. The molecule has 1 aromatic heterocycles. The Morgan fingerprint density at radius 2 is 1.74 bits per heavy atom. The van der Waals surface area contributed by atoms with Crippen LogP contribution in [0.25, 0.3) is 11.0 Å². The molecule has 1 amide bonds. The highest BCUT2D eigenvalue weighted by molar-refractivity contribution is 6.32. The first kappa shape index (κ1) is 27.1. The summed E-state index contributed by atoms with van der Waals surface area (Å²) in [5.74, 6) is 0.799. The van der Waals surface area contributed by atoms with Gasteiger partial charge in [0.2, 0.25) is 5.76 Å². The van der Waals surface area contributed by atoms with Crippen molar-refractivity contribution in [2.45, 2.75) is 46.2 Å². The van der Waals surface area contributed by atoms with Crippen molar-refractivity contribution in [3.8, 4) is 11.5 Å². The zero-order chi connectivity index (χ0) is 27.7. The van der Waals surface area contributed by atoms with Crippen molar-refractivity contribution in [3.63, 3.8) is 0 Å². The maximum absolute atomic E-state index is 14.0. The maximum Gasteiger partial charge on any atom is 0.291 e. The fourth-order valence-corrected chi connectivity index (χ4v) is 5.23. The second kappa shape index (κ2) is 11.3. The number of carbonyl (C=O) groups is 1. The van der Waals surface area contributed by atoms with E-state index in [2.05, 4.69) is 6.92 Å². The molecular weight excluding hydrogens is 537 g/mol. The number of nitrogens with zero attached hydrogens (tertiary/aromatic N) is 1. The van der Waals surface area contributed by atoms with E-state index in [1.807, 2.05) is 50.2 Å². The van der Waals surface area contributed by atoms with Crippen molar-refractivity contribution < 1.29 is 18.7 Å². The van der Waals surface area contributed by atoms with Gasteiger partial charge in [0.1, 0.15) is 5.58 Å². The Morgan fingerprint density at radius 1 is 0.949 bits per heavy atom. The molecule has 0 radical (unpaired) electrons. The van der Waals surface area contributed by atoms with Gasteiger partial charge in [-0.05, 0) is 67.3 Å². The molecule has 0 saturated heterocycles. The van der Waals surface area contributed by atoms with E-state index in [-0.39, 0.29) is 29.2 Å². The van der Waals surface area contributed by atoms with Crippen LogP contribution in [-0.4, -0.2) is 24.0 Å². The lowest BCUT2D eigenvalue weighted by molar-refractivity contribution is 0.0714. The van der Waals surface area contributed by atoms with E-state index in [0.717, 1.165) is 24.0 Å². The summed E-state index contributed by atoms with van der Waals surface area (Å²) in [4.78, 5) is 29.4. The van der Waals surface area contributed by atoms with Crippen LogP contribution in [0.2, 0.25) is 10.0 Å². The van der Waals surface area contributed by atoms with E-state index in [9.17, 15) is 9.59 Å². The minimum absolute atomic E-state index is 0.0208. The third-order valence-corrected chi connectivity index (χ3v) is 7.66. The average molecular weight is 566 g/mol. The van der Waals surface area contributed by atoms with Gasteiger partial charge in [0.15, 0.2) is 16.9 Å². The molecule has 202 valence electrons. The largest absolute Gasteiger partial charge is 0.490 e. The van der Waals surface area contributed by atoms with Crippen LogP contribution in [0.3, 0.4) is 0 Å². The first-order chi connectivity index (χ1) is 18.8. The number of aryl methyl sites for hydroxylation is 1. The Bertz CT molecular complexity index is 1610. The second-order valence-electron chi connectivity index (χ2n) is 9.54. The van der Waals surface area contributed by atoms with Crippen LogP contribution in [0.1, 0.15) is 65.5 Å². The Balaban J connectivity index is 1.69. The first-order valence-electron chi connectivity index (χ1n) is 13.0. The minimum Gasteiger partial charge on any atom is -0.490 e. The molecule has 0 saturated carbocycles. The van der Waals surface area contributed by atoms with Crippen molar-refractivity contribution >= 4 is 40.1 Å². The molecule has 1 atom stereocenters. The molecule has 8 heteroatoms. The van der Waals surface area contributed by atoms with Crippen LogP contribution in [0, 0.1) is 6.92 Å². The lowest BCUT2D eigenvalue weighted by atomic mass is 9.97. The highest BCUT2D eigenvalue weighted by Crippen LogP contribution is 2.42. The third kappa shape index (κ3) is 5.11. The lowest BCUT2D eigenvalue weighted by Crippen LogP contribution is -2.29. The Labute approximate surface area is 237 Å². The van der Waals surface area contributed by atoms with Gasteiger partial charge in [0.25, 0.3) is 5.91 Å². The highest BCUT2D eigenvalue weighted by atomic mass is 35.5. The number of unbranched alkanes of at least 4 members (excludes halogenated alkanes) is 1. The summed E-state index contributed by atoms with van der Waals surface area (Å²) in [5, 5.41) is 1.31. The van der Waals surface area contributed by atoms with Crippen LogP contribution in [0.5, 0.6) is 11.5 Å². The topological polar surface area (TPSA) is 69.0 Å². The van der Waals surface area contributed by atoms with Crippen molar-refractivity contribution in [1.82, 2.24) is 4.90 Å². The number of hydrogen-bond donors (Lipinski definition) is 0. The van der Waals surface area contributed by atoms with Crippen LogP contribution in [0.15, 0.2) is 63.8 Å². The maximum atomic E-state index is 14.0. The van der Waals surface area contributed by atoms with E-state index >= 15 is 0 Å². The van der Waals surface area contributed by atoms with Crippen molar-refractivity contribution in [3.05, 3.63) is 103 Å². The molecule has 3 aromatic carbocycles. The van der Waals surface area contributed by atoms with E-state index < -0.39 is 6.04 Å². The number of halogens is 2. The standard InChI is InChI=1S/C31H29Cl2NO5/c1-4-6-13-38-24-12-11-19(15-26(24)37-5-2)28-27-29(35)21-16-23(33)18(3)14-25(21)39-30(27)31(36)34(28)17-20-9-7-8-10-22(20)32/h7-12,14-16,28H,4-6,13,17H2,1-3H3. The Kier molecular flexibility index (Phi) is 7.87. The molecule has 1 unspecified atom stereocenters. The van der Waals surface area contributed by atoms with Gasteiger partial charge in [-0.1, -0.05) is 60.8 Å². The summed E-state index contributed by atoms with van der Waals surface area (Å²) < 4.78 is 18.0. The summed E-state index contributed by atoms with van der Waals surface area (Å²) in [6.45, 7) is 7.00. The SMILES string of the molecule is CCCCOc1ccc(C2c3c(oc4cc(C)c(Cl)cc4c3=O)C(=O)N2Cc2ccccc2Cl)cc1OCC. The number of ether oxygens (including phenoxy) is 2. The van der Waals surface area contributed by atoms with E-state index in [1.165, 1.54) is 0 Å².